The minimum Gasteiger partial charge on any atom is -0.383 e. The fourth-order valence-electron chi connectivity index (χ4n) is 2.97. The first-order valence-corrected chi connectivity index (χ1v) is 8.99. The number of hydrogen-bond acceptors (Lipinski definition) is 4. The predicted octanol–water partition coefficient (Wildman–Crippen LogP) is 2.38. The second-order valence-corrected chi connectivity index (χ2v) is 6.17. The first-order valence-electron chi connectivity index (χ1n) is 8.99. The molecule has 2 rings (SSSR count). The van der Waals surface area contributed by atoms with Crippen LogP contribution in [0.25, 0.3) is 0 Å². The average molecular weight is 344 g/mol. The number of nitrogen functional groups attached to an aromatic ring is 1. The van der Waals surface area contributed by atoms with Crippen molar-refractivity contribution in [1.29, 1.82) is 0 Å². The summed E-state index contributed by atoms with van der Waals surface area (Å²) in [6.07, 6.45) is 3.64. The summed E-state index contributed by atoms with van der Waals surface area (Å²) in [6, 6.07) is 10.3. The standard InChI is InChI=1S/C19H28N4O2/c1-3-5-14-23-17(20)16(18(24)21-19(23)25)22(4-2)13-9-12-15-10-7-6-8-11-15/h6-8,10-11H,3-5,9,12-14,20H2,1-2H3,(H,21,24,25). The van der Waals surface area contributed by atoms with Gasteiger partial charge in [-0.2, -0.15) is 0 Å². The van der Waals surface area contributed by atoms with Crippen molar-refractivity contribution in [2.75, 3.05) is 23.7 Å². The normalized spacial score (nSPS) is 10.8. The molecule has 25 heavy (non-hydrogen) atoms. The Morgan fingerprint density at radius 3 is 2.48 bits per heavy atom. The smallest absolute Gasteiger partial charge is 0.330 e. The minimum absolute atomic E-state index is 0.267. The molecular formula is C19H28N4O2. The van der Waals surface area contributed by atoms with E-state index in [1.165, 1.54) is 10.1 Å². The largest absolute Gasteiger partial charge is 0.383 e. The Balaban J connectivity index is 2.18. The number of anilines is 2. The zero-order valence-corrected chi connectivity index (χ0v) is 15.1. The van der Waals surface area contributed by atoms with Crippen molar-refractivity contribution in [3.8, 4) is 0 Å². The summed E-state index contributed by atoms with van der Waals surface area (Å²) in [5.41, 5.74) is 7.03. The van der Waals surface area contributed by atoms with Crippen LogP contribution in [0.4, 0.5) is 11.5 Å². The number of nitrogens with two attached hydrogens (primary N) is 1. The summed E-state index contributed by atoms with van der Waals surface area (Å²) >= 11 is 0. The average Bonchev–Trinajstić information content (AvgIpc) is 2.61. The molecule has 0 fully saturated rings. The molecule has 2 aromatic rings. The Morgan fingerprint density at radius 2 is 1.84 bits per heavy atom. The van der Waals surface area contributed by atoms with Gasteiger partial charge >= 0.3 is 5.69 Å². The Labute approximate surface area is 148 Å². The molecule has 6 nitrogen and oxygen atoms in total. The summed E-state index contributed by atoms with van der Waals surface area (Å²) < 4.78 is 1.47. The number of H-pyrrole nitrogens is 1. The van der Waals surface area contributed by atoms with Crippen LogP contribution in [0, 0.1) is 0 Å². The molecule has 0 saturated heterocycles. The number of aromatic amines is 1. The second kappa shape index (κ2) is 9.11. The van der Waals surface area contributed by atoms with Crippen molar-refractivity contribution in [3.05, 3.63) is 56.7 Å². The van der Waals surface area contributed by atoms with Crippen molar-refractivity contribution < 1.29 is 0 Å². The van der Waals surface area contributed by atoms with Gasteiger partial charge in [-0.3, -0.25) is 14.3 Å². The lowest BCUT2D eigenvalue weighted by atomic mass is 10.1. The highest BCUT2D eigenvalue weighted by molar-refractivity contribution is 5.62. The number of unbranched alkanes of at least 4 members (excludes halogenated alkanes) is 1. The lowest BCUT2D eigenvalue weighted by Crippen LogP contribution is -2.39. The molecule has 136 valence electrons. The lowest BCUT2D eigenvalue weighted by molar-refractivity contribution is 0.602. The fraction of sp³-hybridized carbons (Fsp3) is 0.474. The third-order valence-electron chi connectivity index (χ3n) is 4.38. The molecule has 1 aromatic carbocycles. The molecule has 0 atom stereocenters. The van der Waals surface area contributed by atoms with Crippen LogP contribution in [0.15, 0.2) is 39.9 Å². The van der Waals surface area contributed by atoms with E-state index in [1.54, 1.807) is 0 Å². The summed E-state index contributed by atoms with van der Waals surface area (Å²) in [5.74, 6) is 0.267. The van der Waals surface area contributed by atoms with E-state index in [4.69, 9.17) is 5.73 Å². The van der Waals surface area contributed by atoms with Gasteiger partial charge in [-0.05, 0) is 31.7 Å². The molecule has 0 aliphatic carbocycles. The van der Waals surface area contributed by atoms with Crippen LogP contribution in [0.1, 0.15) is 38.7 Å². The highest BCUT2D eigenvalue weighted by Crippen LogP contribution is 2.17. The number of hydrogen-bond donors (Lipinski definition) is 2. The third-order valence-corrected chi connectivity index (χ3v) is 4.38. The number of aromatic nitrogens is 2. The van der Waals surface area contributed by atoms with Gasteiger partial charge < -0.3 is 10.6 Å². The van der Waals surface area contributed by atoms with E-state index >= 15 is 0 Å². The highest BCUT2D eigenvalue weighted by atomic mass is 16.2. The monoisotopic (exact) mass is 344 g/mol. The molecule has 1 aromatic heterocycles. The zero-order chi connectivity index (χ0) is 18.2. The van der Waals surface area contributed by atoms with Gasteiger partial charge in [0.15, 0.2) is 0 Å². The van der Waals surface area contributed by atoms with E-state index < -0.39 is 11.2 Å². The first kappa shape index (κ1) is 18.8. The number of benzene rings is 1. The predicted molar refractivity (Wildman–Crippen MR) is 103 cm³/mol. The quantitative estimate of drug-likeness (QED) is 0.731. The maximum absolute atomic E-state index is 12.3. The molecule has 3 N–H and O–H groups in total. The van der Waals surface area contributed by atoms with Crippen LogP contribution in [0.2, 0.25) is 0 Å². The van der Waals surface area contributed by atoms with Gasteiger partial charge in [-0.1, -0.05) is 43.7 Å². The first-order chi connectivity index (χ1) is 12.1. The molecule has 0 saturated carbocycles. The van der Waals surface area contributed by atoms with Crippen molar-refractivity contribution in [2.45, 2.75) is 46.1 Å². The molecule has 0 spiro atoms. The fourth-order valence-corrected chi connectivity index (χ4v) is 2.97. The van der Waals surface area contributed by atoms with Crippen LogP contribution in [-0.4, -0.2) is 22.6 Å². The van der Waals surface area contributed by atoms with Crippen molar-refractivity contribution in [1.82, 2.24) is 9.55 Å². The highest BCUT2D eigenvalue weighted by Gasteiger charge is 2.17. The second-order valence-electron chi connectivity index (χ2n) is 6.17. The lowest BCUT2D eigenvalue weighted by Gasteiger charge is -2.24. The summed E-state index contributed by atoms with van der Waals surface area (Å²) in [7, 11) is 0. The SMILES string of the molecule is CCCCn1c(N)c(N(CC)CCCc2ccccc2)c(=O)[nH]c1=O. The summed E-state index contributed by atoms with van der Waals surface area (Å²) in [6.45, 7) is 5.93. The third kappa shape index (κ3) is 4.75. The van der Waals surface area contributed by atoms with E-state index in [1.807, 2.05) is 30.0 Å². The van der Waals surface area contributed by atoms with Gasteiger partial charge in [0.25, 0.3) is 5.56 Å². The van der Waals surface area contributed by atoms with Crippen LogP contribution in [0.5, 0.6) is 0 Å². The van der Waals surface area contributed by atoms with E-state index in [9.17, 15) is 9.59 Å². The van der Waals surface area contributed by atoms with E-state index in [0.717, 1.165) is 25.7 Å². The Kier molecular flexibility index (Phi) is 6.86. The van der Waals surface area contributed by atoms with Crippen LogP contribution >= 0.6 is 0 Å². The van der Waals surface area contributed by atoms with E-state index in [0.29, 0.717) is 25.3 Å². The Morgan fingerprint density at radius 1 is 1.12 bits per heavy atom. The Hall–Kier alpha value is -2.50. The van der Waals surface area contributed by atoms with Gasteiger partial charge in [0.05, 0.1) is 0 Å². The van der Waals surface area contributed by atoms with Crippen LogP contribution in [-0.2, 0) is 13.0 Å². The van der Waals surface area contributed by atoms with E-state index in [-0.39, 0.29) is 5.82 Å². The summed E-state index contributed by atoms with van der Waals surface area (Å²) in [5, 5.41) is 0. The molecule has 1 heterocycles. The van der Waals surface area contributed by atoms with Gasteiger partial charge in [-0.15, -0.1) is 0 Å². The molecule has 0 aliphatic heterocycles. The van der Waals surface area contributed by atoms with Crippen LogP contribution < -0.4 is 21.9 Å². The van der Waals surface area contributed by atoms with Gasteiger partial charge in [0.1, 0.15) is 11.5 Å². The van der Waals surface area contributed by atoms with Crippen LogP contribution in [0.3, 0.4) is 0 Å². The molecule has 6 heteroatoms. The molecular weight excluding hydrogens is 316 g/mol. The maximum atomic E-state index is 12.3. The maximum Gasteiger partial charge on any atom is 0.330 e. The Bertz CT molecular complexity index is 780. The molecule has 0 amide bonds. The molecule has 0 aliphatic rings. The topological polar surface area (TPSA) is 84.1 Å². The van der Waals surface area contributed by atoms with Gasteiger partial charge in [0.2, 0.25) is 0 Å². The number of rotatable bonds is 9. The number of nitrogens with zero attached hydrogens (tertiary/aromatic N) is 2. The van der Waals surface area contributed by atoms with Crippen molar-refractivity contribution in [2.24, 2.45) is 0 Å². The molecule has 0 unspecified atom stereocenters. The van der Waals surface area contributed by atoms with Gasteiger partial charge in [0, 0.05) is 19.6 Å². The number of nitrogens with one attached hydrogen (secondary N) is 1. The van der Waals surface area contributed by atoms with Crippen molar-refractivity contribution >= 4 is 11.5 Å². The van der Waals surface area contributed by atoms with Crippen molar-refractivity contribution in [3.63, 3.8) is 0 Å². The summed E-state index contributed by atoms with van der Waals surface area (Å²) in [4.78, 5) is 28.7. The minimum atomic E-state index is -0.431. The van der Waals surface area contributed by atoms with E-state index in [2.05, 4.69) is 24.0 Å². The van der Waals surface area contributed by atoms with Gasteiger partial charge in [-0.25, -0.2) is 4.79 Å². The zero-order valence-electron chi connectivity index (χ0n) is 15.1. The number of aryl methyl sites for hydroxylation is 1. The molecule has 0 radical (unpaired) electrons. The molecule has 0 bridgehead atoms.